The van der Waals surface area contributed by atoms with Crippen molar-refractivity contribution in [3.8, 4) is 11.3 Å². The summed E-state index contributed by atoms with van der Waals surface area (Å²) in [5, 5.41) is 18.6. The molecule has 0 amide bonds. The quantitative estimate of drug-likeness (QED) is 0.480. The lowest BCUT2D eigenvalue weighted by atomic mass is 10.1. The molecule has 2 rings (SSSR count). The highest BCUT2D eigenvalue weighted by molar-refractivity contribution is 6.31. The maximum atomic E-state index is 11.0. The first-order chi connectivity index (χ1) is 8.54. The zero-order valence-electron chi connectivity index (χ0n) is 9.20. The van der Waals surface area contributed by atoms with E-state index in [1.165, 1.54) is 22.9 Å². The molecule has 0 saturated heterocycles. The van der Waals surface area contributed by atoms with Crippen LogP contribution in [0.3, 0.4) is 0 Å². The molecule has 0 saturated carbocycles. The minimum absolute atomic E-state index is 0.0304. The van der Waals surface area contributed by atoms with Gasteiger partial charge in [0.1, 0.15) is 5.69 Å². The number of aldehydes is 1. The largest absolute Gasteiger partial charge is 0.296 e. The minimum Gasteiger partial charge on any atom is -0.296 e. The first kappa shape index (κ1) is 12.2. The number of rotatable bonds is 3. The van der Waals surface area contributed by atoms with E-state index in [1.807, 2.05) is 0 Å². The number of nitrogens with zero attached hydrogens (tertiary/aromatic N) is 4. The van der Waals surface area contributed by atoms with Gasteiger partial charge in [-0.1, -0.05) is 16.8 Å². The van der Waals surface area contributed by atoms with Crippen molar-refractivity contribution in [3.05, 3.63) is 39.0 Å². The molecule has 0 fully saturated rings. The monoisotopic (exact) mass is 266 g/mol. The molecule has 8 heteroatoms. The van der Waals surface area contributed by atoms with Crippen LogP contribution in [-0.2, 0) is 7.05 Å². The van der Waals surface area contributed by atoms with Crippen LogP contribution in [0.25, 0.3) is 11.3 Å². The number of carbonyl (C=O) groups excluding carboxylic acids is 1. The summed E-state index contributed by atoms with van der Waals surface area (Å²) in [6.45, 7) is 0. The van der Waals surface area contributed by atoms with Gasteiger partial charge in [0.15, 0.2) is 12.0 Å². The fourth-order valence-electron chi connectivity index (χ4n) is 1.62. The molecule has 18 heavy (non-hydrogen) atoms. The van der Waals surface area contributed by atoms with Gasteiger partial charge in [-0.25, -0.2) is 4.68 Å². The van der Waals surface area contributed by atoms with Gasteiger partial charge in [0, 0.05) is 18.1 Å². The van der Waals surface area contributed by atoms with E-state index >= 15 is 0 Å². The van der Waals surface area contributed by atoms with E-state index in [1.54, 1.807) is 7.05 Å². The Bertz CT molecular complexity index is 638. The molecule has 0 bridgehead atoms. The highest BCUT2D eigenvalue weighted by atomic mass is 35.5. The summed E-state index contributed by atoms with van der Waals surface area (Å²) in [6.07, 6.45) is 0.493. The van der Waals surface area contributed by atoms with Crippen molar-refractivity contribution in [1.82, 2.24) is 15.0 Å². The molecular weight excluding hydrogens is 260 g/mol. The molecule has 0 radical (unpaired) electrons. The summed E-state index contributed by atoms with van der Waals surface area (Å²) < 4.78 is 1.29. The topological polar surface area (TPSA) is 90.9 Å². The molecule has 1 heterocycles. The third-order valence-electron chi connectivity index (χ3n) is 2.37. The van der Waals surface area contributed by atoms with Crippen molar-refractivity contribution in [2.45, 2.75) is 0 Å². The van der Waals surface area contributed by atoms with Crippen LogP contribution in [0.2, 0.25) is 5.02 Å². The van der Waals surface area contributed by atoms with Gasteiger partial charge in [-0.2, -0.15) is 0 Å². The Balaban J connectivity index is 2.76. The lowest BCUT2D eigenvalue weighted by molar-refractivity contribution is -0.384. The number of benzene rings is 1. The molecule has 0 atom stereocenters. The predicted octanol–water partition coefficient (Wildman–Crippen LogP) is 1.86. The SMILES string of the molecule is Cn1nnc(C=O)c1-c1cc(Cl)ccc1[N+](=O)[O-]. The Morgan fingerprint density at radius 2 is 2.22 bits per heavy atom. The van der Waals surface area contributed by atoms with Crippen LogP contribution in [0.15, 0.2) is 18.2 Å². The lowest BCUT2D eigenvalue weighted by Crippen LogP contribution is -1.99. The van der Waals surface area contributed by atoms with Gasteiger partial charge in [-0.05, 0) is 12.1 Å². The summed E-state index contributed by atoms with van der Waals surface area (Å²) in [7, 11) is 1.54. The first-order valence-corrected chi connectivity index (χ1v) is 5.21. The van der Waals surface area contributed by atoms with Crippen molar-refractivity contribution in [3.63, 3.8) is 0 Å². The van der Waals surface area contributed by atoms with E-state index in [9.17, 15) is 14.9 Å². The Morgan fingerprint density at radius 3 is 2.83 bits per heavy atom. The van der Waals surface area contributed by atoms with E-state index in [4.69, 9.17) is 11.6 Å². The normalized spacial score (nSPS) is 10.3. The molecule has 92 valence electrons. The van der Waals surface area contributed by atoms with Gasteiger partial charge in [0.2, 0.25) is 0 Å². The third-order valence-corrected chi connectivity index (χ3v) is 2.61. The molecule has 1 aromatic carbocycles. The van der Waals surface area contributed by atoms with E-state index < -0.39 is 4.92 Å². The number of halogens is 1. The van der Waals surface area contributed by atoms with Crippen LogP contribution in [-0.4, -0.2) is 26.2 Å². The second kappa shape index (κ2) is 4.53. The molecule has 0 unspecified atom stereocenters. The number of nitro benzene ring substituents is 1. The fourth-order valence-corrected chi connectivity index (χ4v) is 1.79. The predicted molar refractivity (Wildman–Crippen MR) is 63.5 cm³/mol. The number of hydrogen-bond donors (Lipinski definition) is 0. The minimum atomic E-state index is -0.548. The number of nitro groups is 1. The molecule has 0 spiro atoms. The number of aryl methyl sites for hydroxylation is 1. The van der Waals surface area contributed by atoms with Crippen LogP contribution in [0.5, 0.6) is 0 Å². The Labute approximate surface area is 106 Å². The fraction of sp³-hybridized carbons (Fsp3) is 0.100. The second-order valence-corrected chi connectivity index (χ2v) is 3.92. The maximum absolute atomic E-state index is 11.0. The third kappa shape index (κ3) is 1.95. The van der Waals surface area contributed by atoms with Gasteiger partial charge in [-0.3, -0.25) is 14.9 Å². The summed E-state index contributed by atoms with van der Waals surface area (Å²) in [5.41, 5.74) is 0.345. The van der Waals surface area contributed by atoms with Crippen LogP contribution in [0.4, 0.5) is 5.69 Å². The molecule has 0 aliphatic heterocycles. The molecule has 2 aromatic rings. The molecule has 0 aliphatic rings. The van der Waals surface area contributed by atoms with Crippen molar-refractivity contribution in [2.24, 2.45) is 7.05 Å². The average Bonchev–Trinajstić information content (AvgIpc) is 2.69. The molecule has 0 aliphatic carbocycles. The van der Waals surface area contributed by atoms with Gasteiger partial charge in [0.25, 0.3) is 5.69 Å². The Hall–Kier alpha value is -2.28. The zero-order chi connectivity index (χ0) is 13.3. The highest BCUT2D eigenvalue weighted by Gasteiger charge is 2.22. The van der Waals surface area contributed by atoms with E-state index in [2.05, 4.69) is 10.3 Å². The number of aromatic nitrogens is 3. The summed E-state index contributed by atoms with van der Waals surface area (Å²) in [4.78, 5) is 21.3. The van der Waals surface area contributed by atoms with Crippen molar-refractivity contribution in [1.29, 1.82) is 0 Å². The first-order valence-electron chi connectivity index (χ1n) is 4.83. The Kier molecular flexibility index (Phi) is 3.07. The second-order valence-electron chi connectivity index (χ2n) is 3.48. The van der Waals surface area contributed by atoms with Gasteiger partial charge >= 0.3 is 0 Å². The molecule has 1 aromatic heterocycles. The van der Waals surface area contributed by atoms with E-state index in [0.717, 1.165) is 0 Å². The standard InChI is InChI=1S/C10H7ClN4O3/c1-14-10(8(5-16)12-13-14)7-4-6(11)2-3-9(7)15(17)18/h2-5H,1H3. The zero-order valence-corrected chi connectivity index (χ0v) is 9.96. The smallest absolute Gasteiger partial charge is 0.278 e. The Morgan fingerprint density at radius 1 is 1.50 bits per heavy atom. The number of hydrogen-bond acceptors (Lipinski definition) is 5. The van der Waals surface area contributed by atoms with Gasteiger partial charge in [-0.15, -0.1) is 5.10 Å². The van der Waals surface area contributed by atoms with Gasteiger partial charge < -0.3 is 0 Å². The lowest BCUT2D eigenvalue weighted by Gasteiger charge is -2.04. The summed E-state index contributed by atoms with van der Waals surface area (Å²) in [6, 6.07) is 4.10. The van der Waals surface area contributed by atoms with Gasteiger partial charge in [0.05, 0.1) is 10.5 Å². The molecule has 7 nitrogen and oxygen atoms in total. The molecular formula is C10H7ClN4O3. The van der Waals surface area contributed by atoms with Crippen molar-refractivity contribution in [2.75, 3.05) is 0 Å². The van der Waals surface area contributed by atoms with Crippen molar-refractivity contribution >= 4 is 23.6 Å². The van der Waals surface area contributed by atoms with Crippen molar-refractivity contribution < 1.29 is 9.72 Å². The van der Waals surface area contributed by atoms with E-state index in [0.29, 0.717) is 11.3 Å². The maximum Gasteiger partial charge on any atom is 0.278 e. The van der Waals surface area contributed by atoms with Crippen LogP contribution in [0.1, 0.15) is 10.5 Å². The van der Waals surface area contributed by atoms with Crippen LogP contribution >= 0.6 is 11.6 Å². The highest BCUT2D eigenvalue weighted by Crippen LogP contribution is 2.32. The average molecular weight is 267 g/mol. The number of carbonyl (C=O) groups is 1. The van der Waals surface area contributed by atoms with Crippen LogP contribution in [0, 0.1) is 10.1 Å². The van der Waals surface area contributed by atoms with Crippen LogP contribution < -0.4 is 0 Å². The van der Waals surface area contributed by atoms with E-state index in [-0.39, 0.29) is 22.6 Å². The summed E-state index contributed by atoms with van der Waals surface area (Å²) in [5.74, 6) is 0. The molecule has 0 N–H and O–H groups in total. The summed E-state index contributed by atoms with van der Waals surface area (Å²) >= 11 is 5.83.